The summed E-state index contributed by atoms with van der Waals surface area (Å²) in [5, 5.41) is 3.07. The van der Waals surface area contributed by atoms with E-state index in [1.807, 2.05) is 37.3 Å². The third-order valence-corrected chi connectivity index (χ3v) is 4.76. The SMILES string of the molecule is CC(NC(=O)CCN1CCC2(CC1)OCCO2)c1ccccc1. The van der Waals surface area contributed by atoms with Crippen molar-refractivity contribution in [3.8, 4) is 0 Å². The molecule has 2 heterocycles. The number of ether oxygens (including phenoxy) is 2. The number of benzene rings is 1. The van der Waals surface area contributed by atoms with Gasteiger partial charge in [0, 0.05) is 38.9 Å². The summed E-state index contributed by atoms with van der Waals surface area (Å²) in [5.41, 5.74) is 1.14. The van der Waals surface area contributed by atoms with Gasteiger partial charge >= 0.3 is 0 Å². The van der Waals surface area contributed by atoms with Crippen LogP contribution in [0, 0.1) is 0 Å². The van der Waals surface area contributed by atoms with E-state index in [1.54, 1.807) is 0 Å². The summed E-state index contributed by atoms with van der Waals surface area (Å²) in [5.74, 6) is -0.226. The zero-order chi connectivity index (χ0) is 16.1. The van der Waals surface area contributed by atoms with Gasteiger partial charge in [0.05, 0.1) is 19.3 Å². The lowest BCUT2D eigenvalue weighted by Crippen LogP contribution is -2.46. The van der Waals surface area contributed by atoms with Crippen molar-refractivity contribution in [1.29, 1.82) is 0 Å². The molecule has 0 saturated carbocycles. The number of nitrogens with zero attached hydrogens (tertiary/aromatic N) is 1. The molecular formula is C18H26N2O3. The van der Waals surface area contributed by atoms with Gasteiger partial charge in [0.25, 0.3) is 0 Å². The summed E-state index contributed by atoms with van der Waals surface area (Å²) >= 11 is 0. The van der Waals surface area contributed by atoms with Gasteiger partial charge in [0.15, 0.2) is 5.79 Å². The molecule has 2 aliphatic rings. The Morgan fingerprint density at radius 1 is 1.22 bits per heavy atom. The van der Waals surface area contributed by atoms with Crippen LogP contribution in [-0.4, -0.2) is 49.4 Å². The Morgan fingerprint density at radius 3 is 2.52 bits per heavy atom. The number of rotatable bonds is 5. The van der Waals surface area contributed by atoms with Crippen LogP contribution in [0.25, 0.3) is 0 Å². The van der Waals surface area contributed by atoms with E-state index in [0.29, 0.717) is 19.6 Å². The van der Waals surface area contributed by atoms with E-state index in [0.717, 1.165) is 38.0 Å². The van der Waals surface area contributed by atoms with E-state index in [4.69, 9.17) is 9.47 Å². The van der Waals surface area contributed by atoms with Crippen molar-refractivity contribution in [2.75, 3.05) is 32.8 Å². The third kappa shape index (κ3) is 4.31. The average Bonchev–Trinajstić information content (AvgIpc) is 3.03. The molecule has 0 bridgehead atoms. The highest BCUT2D eigenvalue weighted by Crippen LogP contribution is 2.31. The molecule has 1 aromatic rings. The van der Waals surface area contributed by atoms with Gasteiger partial charge < -0.3 is 19.7 Å². The Bertz CT molecular complexity index is 504. The van der Waals surface area contributed by atoms with Crippen molar-refractivity contribution >= 4 is 5.91 Å². The monoisotopic (exact) mass is 318 g/mol. The fourth-order valence-corrected chi connectivity index (χ4v) is 3.30. The average molecular weight is 318 g/mol. The Kier molecular flexibility index (Phi) is 5.30. The van der Waals surface area contributed by atoms with Gasteiger partial charge in [-0.05, 0) is 12.5 Å². The van der Waals surface area contributed by atoms with Crippen LogP contribution in [0.3, 0.4) is 0 Å². The van der Waals surface area contributed by atoms with E-state index in [1.165, 1.54) is 0 Å². The molecule has 23 heavy (non-hydrogen) atoms. The Morgan fingerprint density at radius 2 is 1.87 bits per heavy atom. The molecular weight excluding hydrogens is 292 g/mol. The van der Waals surface area contributed by atoms with Crippen LogP contribution < -0.4 is 5.32 Å². The fraction of sp³-hybridized carbons (Fsp3) is 0.611. The largest absolute Gasteiger partial charge is 0.350 e. The third-order valence-electron chi connectivity index (χ3n) is 4.76. The van der Waals surface area contributed by atoms with E-state index in [-0.39, 0.29) is 17.7 Å². The van der Waals surface area contributed by atoms with Gasteiger partial charge in [-0.25, -0.2) is 0 Å². The predicted molar refractivity (Wildman–Crippen MR) is 87.9 cm³/mol. The van der Waals surface area contributed by atoms with Crippen molar-refractivity contribution < 1.29 is 14.3 Å². The normalized spacial score (nSPS) is 22.1. The van der Waals surface area contributed by atoms with Crippen molar-refractivity contribution in [2.24, 2.45) is 0 Å². The molecule has 1 unspecified atom stereocenters. The maximum absolute atomic E-state index is 12.1. The molecule has 1 spiro atoms. The second-order valence-electron chi connectivity index (χ2n) is 6.40. The van der Waals surface area contributed by atoms with E-state index < -0.39 is 0 Å². The predicted octanol–water partition coefficient (Wildman–Crippen LogP) is 2.09. The van der Waals surface area contributed by atoms with Crippen molar-refractivity contribution in [1.82, 2.24) is 10.2 Å². The molecule has 0 aliphatic carbocycles. The van der Waals surface area contributed by atoms with Crippen LogP contribution in [0.2, 0.25) is 0 Å². The van der Waals surface area contributed by atoms with Gasteiger partial charge in [-0.1, -0.05) is 30.3 Å². The van der Waals surface area contributed by atoms with Crippen LogP contribution in [-0.2, 0) is 14.3 Å². The fourth-order valence-electron chi connectivity index (χ4n) is 3.30. The molecule has 1 atom stereocenters. The first kappa shape index (κ1) is 16.4. The first-order chi connectivity index (χ1) is 11.2. The number of likely N-dealkylation sites (tertiary alicyclic amines) is 1. The molecule has 2 saturated heterocycles. The van der Waals surface area contributed by atoms with Crippen molar-refractivity contribution in [3.63, 3.8) is 0 Å². The summed E-state index contributed by atoms with van der Waals surface area (Å²) in [6, 6.07) is 10.1. The highest BCUT2D eigenvalue weighted by Gasteiger charge is 2.39. The summed E-state index contributed by atoms with van der Waals surface area (Å²) < 4.78 is 11.5. The summed E-state index contributed by atoms with van der Waals surface area (Å²) in [4.78, 5) is 14.5. The van der Waals surface area contributed by atoms with Gasteiger partial charge in [-0.15, -0.1) is 0 Å². The number of hydrogen-bond donors (Lipinski definition) is 1. The first-order valence-corrected chi connectivity index (χ1v) is 8.51. The van der Waals surface area contributed by atoms with E-state index in [9.17, 15) is 4.79 Å². The lowest BCUT2D eigenvalue weighted by molar-refractivity contribution is -0.185. The number of carbonyl (C=O) groups is 1. The highest BCUT2D eigenvalue weighted by atomic mass is 16.7. The molecule has 5 nitrogen and oxygen atoms in total. The second kappa shape index (κ2) is 7.43. The van der Waals surface area contributed by atoms with Gasteiger partial charge in [0.2, 0.25) is 5.91 Å². The Labute approximate surface area is 137 Å². The Hall–Kier alpha value is -1.43. The zero-order valence-corrected chi connectivity index (χ0v) is 13.8. The number of hydrogen-bond acceptors (Lipinski definition) is 4. The van der Waals surface area contributed by atoms with Crippen LogP contribution in [0.5, 0.6) is 0 Å². The summed E-state index contributed by atoms with van der Waals surface area (Å²) in [6.07, 6.45) is 2.33. The van der Waals surface area contributed by atoms with Crippen LogP contribution >= 0.6 is 0 Å². The minimum absolute atomic E-state index is 0.0496. The van der Waals surface area contributed by atoms with Crippen LogP contribution in [0.15, 0.2) is 30.3 Å². The summed E-state index contributed by atoms with van der Waals surface area (Å²) in [6.45, 7) is 6.10. The van der Waals surface area contributed by atoms with E-state index >= 15 is 0 Å². The van der Waals surface area contributed by atoms with Crippen LogP contribution in [0.4, 0.5) is 0 Å². The summed E-state index contributed by atoms with van der Waals surface area (Å²) in [7, 11) is 0. The number of amides is 1. The number of nitrogens with one attached hydrogen (secondary N) is 1. The van der Waals surface area contributed by atoms with Gasteiger partial charge in [-0.3, -0.25) is 4.79 Å². The molecule has 1 N–H and O–H groups in total. The molecule has 1 amide bonds. The number of piperidine rings is 1. The van der Waals surface area contributed by atoms with Crippen LogP contribution in [0.1, 0.15) is 37.8 Å². The van der Waals surface area contributed by atoms with Crippen molar-refractivity contribution in [3.05, 3.63) is 35.9 Å². The maximum Gasteiger partial charge on any atom is 0.221 e. The molecule has 2 fully saturated rings. The molecule has 3 rings (SSSR count). The lowest BCUT2D eigenvalue weighted by atomic mass is 10.0. The molecule has 126 valence electrons. The second-order valence-corrected chi connectivity index (χ2v) is 6.40. The molecule has 0 radical (unpaired) electrons. The van der Waals surface area contributed by atoms with E-state index in [2.05, 4.69) is 10.2 Å². The topological polar surface area (TPSA) is 50.8 Å². The molecule has 1 aromatic carbocycles. The molecule has 0 aromatic heterocycles. The Balaban J connectivity index is 1.38. The standard InChI is InChI=1S/C18H26N2O3/c1-15(16-5-3-2-4-6-16)19-17(21)7-10-20-11-8-18(9-12-20)22-13-14-23-18/h2-6,15H,7-14H2,1H3,(H,19,21). The highest BCUT2D eigenvalue weighted by molar-refractivity contribution is 5.76. The first-order valence-electron chi connectivity index (χ1n) is 8.51. The lowest BCUT2D eigenvalue weighted by Gasteiger charge is -2.37. The minimum atomic E-state index is -0.333. The smallest absolute Gasteiger partial charge is 0.221 e. The minimum Gasteiger partial charge on any atom is -0.350 e. The van der Waals surface area contributed by atoms with Crippen molar-refractivity contribution in [2.45, 2.75) is 38.0 Å². The number of carbonyl (C=O) groups excluding carboxylic acids is 1. The molecule has 5 heteroatoms. The zero-order valence-electron chi connectivity index (χ0n) is 13.8. The maximum atomic E-state index is 12.1. The molecule has 2 aliphatic heterocycles. The van der Waals surface area contributed by atoms with Gasteiger partial charge in [0.1, 0.15) is 0 Å². The van der Waals surface area contributed by atoms with Gasteiger partial charge in [-0.2, -0.15) is 0 Å². The quantitative estimate of drug-likeness (QED) is 0.903.